The van der Waals surface area contributed by atoms with Gasteiger partial charge in [0.2, 0.25) is 11.0 Å². The molecule has 1 heterocycles. The first kappa shape index (κ1) is 23.7. The number of hydrogen-bond acceptors (Lipinski definition) is 8. The molecule has 5 aromatic rings. The van der Waals surface area contributed by atoms with Crippen molar-refractivity contribution in [1.29, 1.82) is 0 Å². The number of anilines is 1. The first-order valence-corrected chi connectivity index (χ1v) is 11.9. The zero-order valence-corrected chi connectivity index (χ0v) is 19.9. The summed E-state index contributed by atoms with van der Waals surface area (Å²) in [6.45, 7) is 0. The number of aromatic nitrogens is 2. The molecule has 5 rings (SSSR count). The van der Waals surface area contributed by atoms with Crippen LogP contribution in [-0.2, 0) is 11.2 Å². The topological polar surface area (TPSA) is 139 Å². The van der Waals surface area contributed by atoms with Crippen LogP contribution >= 0.6 is 11.3 Å². The van der Waals surface area contributed by atoms with Crippen LogP contribution in [0.5, 0.6) is 0 Å². The van der Waals surface area contributed by atoms with Gasteiger partial charge in [0.25, 0.3) is 11.6 Å². The molecule has 182 valence electrons. The number of rotatable bonds is 7. The molecule has 0 bridgehead atoms. The summed E-state index contributed by atoms with van der Waals surface area (Å²) < 4.78 is 0. The molecular weight excluding hydrogens is 492 g/mol. The van der Waals surface area contributed by atoms with E-state index >= 15 is 0 Å². The van der Waals surface area contributed by atoms with Crippen molar-refractivity contribution in [2.75, 3.05) is 5.32 Å². The minimum Gasteiger partial charge on any atom is -0.296 e. The smallest absolute Gasteiger partial charge is 0.269 e. The van der Waals surface area contributed by atoms with Crippen LogP contribution in [0.3, 0.4) is 0 Å². The molecule has 0 saturated carbocycles. The summed E-state index contributed by atoms with van der Waals surface area (Å²) in [4.78, 5) is 35.0. The van der Waals surface area contributed by atoms with Crippen molar-refractivity contribution in [2.45, 2.75) is 6.42 Å². The Morgan fingerprint density at radius 2 is 1.59 bits per heavy atom. The third-order valence-electron chi connectivity index (χ3n) is 5.54. The summed E-state index contributed by atoms with van der Waals surface area (Å²) >= 11 is 1.05. The lowest BCUT2D eigenvalue weighted by atomic mass is 9.97. The number of non-ortho nitro benzene ring substituents is 1. The number of carbonyl (C=O) groups is 2. The molecule has 0 spiro atoms. The number of hydrogen-bond donors (Lipinski definition) is 2. The molecule has 1 aromatic heterocycles. The van der Waals surface area contributed by atoms with E-state index in [1.807, 2.05) is 48.5 Å². The standard InChI is InChI=1S/C26H18N6O4S/c33-23(14-24-30-31-26(37-24)28-25(34)16-9-11-19(12-10-16)32(35)36)29-27-15-22-20-7-3-1-5-17(20)13-18-6-2-4-8-21(18)22/h1-13,15H,14H2,(H,29,33)(H,28,31,34)/b27-15-. The van der Waals surface area contributed by atoms with E-state index in [2.05, 4.69) is 32.1 Å². The number of amides is 2. The van der Waals surface area contributed by atoms with Gasteiger partial charge >= 0.3 is 0 Å². The second-order valence-electron chi connectivity index (χ2n) is 7.96. The first-order valence-electron chi connectivity index (χ1n) is 11.1. The Morgan fingerprint density at radius 3 is 2.24 bits per heavy atom. The number of benzene rings is 4. The number of nitro groups is 1. The fraction of sp³-hybridized carbons (Fsp3) is 0.0385. The maximum atomic E-state index is 12.4. The van der Waals surface area contributed by atoms with Gasteiger partial charge in [-0.3, -0.25) is 25.0 Å². The second-order valence-corrected chi connectivity index (χ2v) is 9.02. The number of nitrogens with zero attached hydrogens (tertiary/aromatic N) is 4. The molecular formula is C26H18N6O4S. The van der Waals surface area contributed by atoms with Gasteiger partial charge in [0.15, 0.2) is 0 Å². The summed E-state index contributed by atoms with van der Waals surface area (Å²) in [5.74, 6) is -0.876. The molecule has 11 heteroatoms. The summed E-state index contributed by atoms with van der Waals surface area (Å²) in [5, 5.41) is 30.1. The highest BCUT2D eigenvalue weighted by atomic mass is 32.1. The molecule has 10 nitrogen and oxygen atoms in total. The van der Waals surface area contributed by atoms with Gasteiger partial charge in [-0.05, 0) is 39.7 Å². The highest BCUT2D eigenvalue weighted by Gasteiger charge is 2.14. The van der Waals surface area contributed by atoms with Crippen LogP contribution in [0.1, 0.15) is 20.9 Å². The number of hydrazone groups is 1. The van der Waals surface area contributed by atoms with E-state index in [-0.39, 0.29) is 28.7 Å². The highest BCUT2D eigenvalue weighted by Crippen LogP contribution is 2.27. The van der Waals surface area contributed by atoms with E-state index in [4.69, 9.17) is 0 Å². The van der Waals surface area contributed by atoms with Gasteiger partial charge in [-0.25, -0.2) is 5.43 Å². The predicted octanol–water partition coefficient (Wildman–Crippen LogP) is 4.70. The lowest BCUT2D eigenvalue weighted by molar-refractivity contribution is -0.384. The van der Waals surface area contributed by atoms with Crippen LogP contribution in [0.15, 0.2) is 84.0 Å². The largest absolute Gasteiger partial charge is 0.296 e. The summed E-state index contributed by atoms with van der Waals surface area (Å²) in [5.41, 5.74) is 3.55. The third kappa shape index (κ3) is 5.31. The van der Waals surface area contributed by atoms with Gasteiger partial charge in [-0.1, -0.05) is 59.9 Å². The first-order chi connectivity index (χ1) is 18.0. The zero-order chi connectivity index (χ0) is 25.8. The van der Waals surface area contributed by atoms with Crippen molar-refractivity contribution in [3.8, 4) is 0 Å². The Labute approximate surface area is 213 Å². The maximum Gasteiger partial charge on any atom is 0.269 e. The number of nitro benzene ring substituents is 1. The Kier molecular flexibility index (Phi) is 6.60. The SMILES string of the molecule is O=C(Cc1nnc(NC(=O)c2ccc([N+](=O)[O-])cc2)s1)N/N=C\c1c2ccccc2cc2ccccc12. The second kappa shape index (κ2) is 10.3. The Hall–Kier alpha value is -5.03. The van der Waals surface area contributed by atoms with Crippen LogP contribution in [0.4, 0.5) is 10.8 Å². The Morgan fingerprint density at radius 1 is 0.946 bits per heavy atom. The van der Waals surface area contributed by atoms with Gasteiger partial charge in [-0.15, -0.1) is 10.2 Å². The van der Waals surface area contributed by atoms with Crippen LogP contribution in [-0.4, -0.2) is 33.1 Å². The minimum absolute atomic E-state index is 0.0707. The van der Waals surface area contributed by atoms with E-state index in [9.17, 15) is 19.7 Å². The average molecular weight is 511 g/mol. The molecule has 0 atom stereocenters. The predicted molar refractivity (Wildman–Crippen MR) is 142 cm³/mol. The van der Waals surface area contributed by atoms with E-state index < -0.39 is 10.8 Å². The van der Waals surface area contributed by atoms with E-state index in [1.165, 1.54) is 24.3 Å². The van der Waals surface area contributed by atoms with E-state index in [0.717, 1.165) is 38.4 Å². The Bertz CT molecular complexity index is 1630. The normalized spacial score (nSPS) is 11.1. The lowest BCUT2D eigenvalue weighted by Gasteiger charge is -2.07. The molecule has 0 saturated heterocycles. The zero-order valence-electron chi connectivity index (χ0n) is 19.1. The fourth-order valence-corrected chi connectivity index (χ4v) is 4.55. The van der Waals surface area contributed by atoms with Crippen molar-refractivity contribution in [2.24, 2.45) is 5.10 Å². The molecule has 0 fully saturated rings. The number of carbonyl (C=O) groups excluding carboxylic acids is 2. The lowest BCUT2D eigenvalue weighted by Crippen LogP contribution is -2.19. The molecule has 0 aliphatic rings. The summed E-state index contributed by atoms with van der Waals surface area (Å²) in [6, 6.07) is 23.3. The summed E-state index contributed by atoms with van der Waals surface area (Å²) in [6.07, 6.45) is 1.57. The van der Waals surface area contributed by atoms with Crippen molar-refractivity contribution in [3.63, 3.8) is 0 Å². The molecule has 37 heavy (non-hydrogen) atoms. The molecule has 0 aliphatic carbocycles. The van der Waals surface area contributed by atoms with Gasteiger partial charge in [0, 0.05) is 23.3 Å². The van der Waals surface area contributed by atoms with Gasteiger partial charge < -0.3 is 0 Å². The Balaban J connectivity index is 1.23. The van der Waals surface area contributed by atoms with Crippen molar-refractivity contribution in [1.82, 2.24) is 15.6 Å². The number of fused-ring (bicyclic) bond motifs is 2. The molecule has 0 aliphatic heterocycles. The molecule has 0 unspecified atom stereocenters. The van der Waals surface area contributed by atoms with Crippen molar-refractivity contribution < 1.29 is 14.5 Å². The van der Waals surface area contributed by atoms with Gasteiger partial charge in [-0.2, -0.15) is 5.10 Å². The number of nitrogens with one attached hydrogen (secondary N) is 2. The van der Waals surface area contributed by atoms with E-state index in [1.54, 1.807) is 6.21 Å². The highest BCUT2D eigenvalue weighted by molar-refractivity contribution is 7.15. The van der Waals surface area contributed by atoms with Crippen LogP contribution in [0.2, 0.25) is 0 Å². The molecule has 0 radical (unpaired) electrons. The minimum atomic E-state index is -0.544. The van der Waals surface area contributed by atoms with Crippen LogP contribution in [0, 0.1) is 10.1 Å². The van der Waals surface area contributed by atoms with Crippen molar-refractivity contribution in [3.05, 3.63) is 105 Å². The monoisotopic (exact) mass is 510 g/mol. The molecule has 2 amide bonds. The average Bonchev–Trinajstić information content (AvgIpc) is 3.34. The molecule has 2 N–H and O–H groups in total. The maximum absolute atomic E-state index is 12.4. The molecule has 4 aromatic carbocycles. The van der Waals surface area contributed by atoms with Crippen LogP contribution < -0.4 is 10.7 Å². The quantitative estimate of drug-likeness (QED) is 0.141. The third-order valence-corrected chi connectivity index (χ3v) is 6.37. The summed E-state index contributed by atoms with van der Waals surface area (Å²) in [7, 11) is 0. The van der Waals surface area contributed by atoms with Gasteiger partial charge in [0.05, 0.1) is 17.6 Å². The fourth-order valence-electron chi connectivity index (χ4n) is 3.81. The van der Waals surface area contributed by atoms with E-state index in [0.29, 0.717) is 5.01 Å². The van der Waals surface area contributed by atoms with Crippen LogP contribution in [0.25, 0.3) is 21.5 Å². The van der Waals surface area contributed by atoms with Crippen molar-refractivity contribution >= 4 is 61.7 Å². The van der Waals surface area contributed by atoms with Gasteiger partial charge in [0.1, 0.15) is 5.01 Å².